The van der Waals surface area contributed by atoms with Crippen LogP contribution in [0.15, 0.2) is 72.8 Å². The Morgan fingerprint density at radius 1 is 1.17 bits per heavy atom. The molecule has 0 amide bonds. The van der Waals surface area contributed by atoms with E-state index in [4.69, 9.17) is 14.7 Å². The lowest BCUT2D eigenvalue weighted by atomic mass is 10.1. The minimum atomic E-state index is -1.14. The topological polar surface area (TPSA) is 113 Å². The van der Waals surface area contributed by atoms with Gasteiger partial charge in [0.2, 0.25) is 5.78 Å². The average molecular weight is 390 g/mol. The lowest BCUT2D eigenvalue weighted by Crippen LogP contribution is -2.99. The molecule has 1 aliphatic heterocycles. The van der Waals surface area contributed by atoms with Gasteiger partial charge in [-0.15, -0.1) is 0 Å². The van der Waals surface area contributed by atoms with Crippen molar-refractivity contribution >= 4 is 23.5 Å². The molecule has 0 bridgehead atoms. The molecule has 144 valence electrons. The number of nitrogens with one attached hydrogen (secondary N) is 1. The highest BCUT2D eigenvalue weighted by Crippen LogP contribution is 2.35. The molecule has 29 heavy (non-hydrogen) atoms. The molecule has 8 nitrogen and oxygen atoms in total. The molecule has 0 saturated heterocycles. The lowest BCUT2D eigenvalue weighted by Gasteiger charge is -2.12. The molecule has 2 N–H and O–H groups in total. The van der Waals surface area contributed by atoms with E-state index < -0.39 is 11.2 Å². The summed E-state index contributed by atoms with van der Waals surface area (Å²) in [7, 11) is 0. The predicted molar refractivity (Wildman–Crippen MR) is 101 cm³/mol. The summed E-state index contributed by atoms with van der Waals surface area (Å²) < 4.78 is 10.9. The maximum absolute atomic E-state index is 12.5. The molecule has 0 aliphatic carbocycles. The van der Waals surface area contributed by atoms with Gasteiger partial charge in [-0.25, -0.2) is 10.0 Å². The second kappa shape index (κ2) is 7.64. The van der Waals surface area contributed by atoms with Crippen LogP contribution >= 0.6 is 0 Å². The third-order valence-corrected chi connectivity index (χ3v) is 4.18. The maximum atomic E-state index is 12.5. The average Bonchev–Trinajstić information content (AvgIpc) is 3.03. The fourth-order valence-corrected chi connectivity index (χ4v) is 2.79. The van der Waals surface area contributed by atoms with Crippen LogP contribution in [0.3, 0.4) is 0 Å². The zero-order valence-electron chi connectivity index (χ0n) is 14.9. The van der Waals surface area contributed by atoms with E-state index in [1.807, 2.05) is 0 Å². The first kappa shape index (κ1) is 18.5. The van der Waals surface area contributed by atoms with Gasteiger partial charge in [-0.2, -0.15) is 5.23 Å². The van der Waals surface area contributed by atoms with Crippen molar-refractivity contribution in [3.63, 3.8) is 0 Å². The molecule has 0 radical (unpaired) electrons. The molecule has 0 spiro atoms. The Kier molecular flexibility index (Phi) is 4.88. The van der Waals surface area contributed by atoms with Gasteiger partial charge in [0.1, 0.15) is 11.5 Å². The van der Waals surface area contributed by atoms with Gasteiger partial charge >= 0.3 is 5.97 Å². The summed E-state index contributed by atoms with van der Waals surface area (Å²) in [5, 5.41) is 18.9. The quantitative estimate of drug-likeness (QED) is 0.304. The lowest BCUT2D eigenvalue weighted by molar-refractivity contribution is -0.991. The number of aromatic nitrogens is 1. The van der Waals surface area contributed by atoms with E-state index in [-0.39, 0.29) is 34.3 Å². The van der Waals surface area contributed by atoms with Crippen LogP contribution in [0.4, 0.5) is 5.69 Å². The molecule has 1 atom stereocenters. The largest absolute Gasteiger partial charge is 0.595 e. The van der Waals surface area contributed by atoms with Gasteiger partial charge in [-0.1, -0.05) is 12.1 Å². The Hall–Kier alpha value is -3.85. The first-order chi connectivity index (χ1) is 14.0. The van der Waals surface area contributed by atoms with Crippen LogP contribution in [0.5, 0.6) is 11.5 Å². The number of carbonyl (C=O) groups excluding carboxylic acids is 2. The molecule has 4 rings (SSSR count). The molecule has 8 heteroatoms. The first-order valence-electron chi connectivity index (χ1n) is 8.55. The molecule has 2 heterocycles. The number of hydrogen-bond acceptors (Lipinski definition) is 7. The SMILES string of the molecule is O=C(Oc1ccc2c(c1)OC(=Cc1cccnc1)C2=O)c1cccc([NH+]([O-])O)c1. The minimum absolute atomic E-state index is 0.0208. The fourth-order valence-electron chi connectivity index (χ4n) is 2.79. The van der Waals surface area contributed by atoms with Crippen molar-refractivity contribution in [3.05, 3.63) is 94.6 Å². The molecule has 1 unspecified atom stereocenters. The van der Waals surface area contributed by atoms with Gasteiger partial charge in [0.25, 0.3) is 0 Å². The summed E-state index contributed by atoms with van der Waals surface area (Å²) >= 11 is 0. The fraction of sp³-hybridized carbons (Fsp3) is 0. The Balaban J connectivity index is 1.54. The highest BCUT2D eigenvalue weighted by molar-refractivity contribution is 6.14. The van der Waals surface area contributed by atoms with E-state index in [9.17, 15) is 14.8 Å². The number of ether oxygens (including phenoxy) is 2. The van der Waals surface area contributed by atoms with Crippen LogP contribution in [0.2, 0.25) is 0 Å². The van der Waals surface area contributed by atoms with Crippen LogP contribution in [-0.4, -0.2) is 21.9 Å². The van der Waals surface area contributed by atoms with E-state index in [1.54, 1.807) is 30.6 Å². The smallest absolute Gasteiger partial charge is 0.343 e. The van der Waals surface area contributed by atoms with Crippen LogP contribution in [0.1, 0.15) is 26.3 Å². The van der Waals surface area contributed by atoms with Crippen molar-refractivity contribution in [2.24, 2.45) is 0 Å². The molecular formula is C21H14N2O6. The van der Waals surface area contributed by atoms with E-state index in [0.29, 0.717) is 11.1 Å². The summed E-state index contributed by atoms with van der Waals surface area (Å²) in [5.74, 6) is -0.412. The Morgan fingerprint density at radius 2 is 2.03 bits per heavy atom. The van der Waals surface area contributed by atoms with Gasteiger partial charge < -0.3 is 14.7 Å². The number of rotatable bonds is 4. The molecular weight excluding hydrogens is 376 g/mol. The second-order valence-electron chi connectivity index (χ2n) is 6.16. The summed E-state index contributed by atoms with van der Waals surface area (Å²) in [6.07, 6.45) is 4.81. The Labute approximate surface area is 164 Å². The zero-order valence-corrected chi connectivity index (χ0v) is 14.9. The van der Waals surface area contributed by atoms with Gasteiger partial charge in [0.15, 0.2) is 11.4 Å². The third kappa shape index (κ3) is 3.90. The summed E-state index contributed by atoms with van der Waals surface area (Å²) in [5.41, 5.74) is 1.15. The Morgan fingerprint density at radius 3 is 2.79 bits per heavy atom. The molecule has 0 fully saturated rings. The van der Waals surface area contributed by atoms with Gasteiger partial charge in [0, 0.05) is 30.6 Å². The number of benzene rings is 2. The molecule has 1 aliphatic rings. The number of quaternary nitrogens is 1. The number of hydrogen-bond donors (Lipinski definition) is 2. The zero-order chi connectivity index (χ0) is 20.4. The monoisotopic (exact) mass is 390 g/mol. The van der Waals surface area contributed by atoms with Crippen molar-refractivity contribution in [1.82, 2.24) is 4.98 Å². The third-order valence-electron chi connectivity index (χ3n) is 4.18. The molecule has 2 aromatic carbocycles. The van der Waals surface area contributed by atoms with Crippen molar-refractivity contribution in [1.29, 1.82) is 0 Å². The van der Waals surface area contributed by atoms with Crippen LogP contribution in [0, 0.1) is 5.21 Å². The standard InChI is InChI=1S/C21H14N2O6/c24-20-17-7-6-16(28-21(25)14-4-1-5-15(10-14)23(26)27)11-18(17)29-19(20)9-13-3-2-8-22-12-13/h1-12,23,26H. The maximum Gasteiger partial charge on any atom is 0.343 e. The van der Waals surface area contributed by atoms with Crippen molar-refractivity contribution in [2.75, 3.05) is 0 Å². The number of Topliss-reactive ketones (excluding diaryl/α,β-unsaturated/α-hetero) is 1. The number of nitrogens with zero attached hydrogens (tertiary/aromatic N) is 1. The Bertz CT molecular complexity index is 1130. The normalized spacial score (nSPS) is 15.0. The van der Waals surface area contributed by atoms with Crippen molar-refractivity contribution in [2.45, 2.75) is 0 Å². The molecule has 0 saturated carbocycles. The van der Waals surface area contributed by atoms with Crippen LogP contribution in [0.25, 0.3) is 6.08 Å². The first-order valence-corrected chi connectivity index (χ1v) is 8.55. The summed E-state index contributed by atoms with van der Waals surface area (Å²) in [6, 6.07) is 13.5. The van der Waals surface area contributed by atoms with E-state index in [0.717, 1.165) is 0 Å². The highest BCUT2D eigenvalue weighted by Gasteiger charge is 2.28. The number of ketones is 1. The van der Waals surface area contributed by atoms with E-state index in [1.165, 1.54) is 42.5 Å². The van der Waals surface area contributed by atoms with Gasteiger partial charge in [-0.3, -0.25) is 9.78 Å². The summed E-state index contributed by atoms with van der Waals surface area (Å²) in [6.45, 7) is 0. The van der Waals surface area contributed by atoms with Gasteiger partial charge in [0.05, 0.1) is 11.1 Å². The van der Waals surface area contributed by atoms with E-state index >= 15 is 0 Å². The van der Waals surface area contributed by atoms with Gasteiger partial charge in [-0.05, 0) is 35.9 Å². The predicted octanol–water partition coefficient (Wildman–Crippen LogP) is 2.32. The number of fused-ring (bicyclic) bond motifs is 1. The second-order valence-corrected chi connectivity index (χ2v) is 6.16. The number of allylic oxidation sites excluding steroid dienone is 1. The van der Waals surface area contributed by atoms with E-state index in [2.05, 4.69) is 4.98 Å². The molecule has 3 aromatic rings. The molecule has 1 aromatic heterocycles. The van der Waals surface area contributed by atoms with Crippen molar-refractivity contribution < 1.29 is 29.5 Å². The van der Waals surface area contributed by atoms with Crippen LogP contribution in [-0.2, 0) is 0 Å². The summed E-state index contributed by atoms with van der Waals surface area (Å²) in [4.78, 5) is 28.8. The highest BCUT2D eigenvalue weighted by atomic mass is 16.8. The number of esters is 1. The number of carbonyl (C=O) groups is 2. The number of pyridine rings is 1. The minimum Gasteiger partial charge on any atom is -0.595 e. The van der Waals surface area contributed by atoms with Crippen molar-refractivity contribution in [3.8, 4) is 11.5 Å². The van der Waals surface area contributed by atoms with Crippen LogP contribution < -0.4 is 14.7 Å².